The normalized spacial score (nSPS) is 26.0. The SMILES string of the molecule is O=C(O)[C@@H]1CCCN1C(=O)CC1CCCCCC1. The molecule has 1 amide bonds. The van der Waals surface area contributed by atoms with Crippen LogP contribution in [0.3, 0.4) is 0 Å². The summed E-state index contributed by atoms with van der Waals surface area (Å²) in [5.74, 6) is -0.302. The van der Waals surface area contributed by atoms with Gasteiger partial charge in [-0.1, -0.05) is 25.7 Å². The van der Waals surface area contributed by atoms with Gasteiger partial charge >= 0.3 is 5.97 Å². The number of likely N-dealkylation sites (tertiary alicyclic amines) is 1. The van der Waals surface area contributed by atoms with Crippen molar-refractivity contribution in [2.75, 3.05) is 6.54 Å². The van der Waals surface area contributed by atoms with E-state index in [2.05, 4.69) is 0 Å². The first-order valence-corrected chi connectivity index (χ1v) is 7.21. The summed E-state index contributed by atoms with van der Waals surface area (Å²) in [6.07, 6.45) is 9.29. The number of carbonyl (C=O) groups is 2. The van der Waals surface area contributed by atoms with Crippen molar-refractivity contribution in [2.24, 2.45) is 5.92 Å². The summed E-state index contributed by atoms with van der Waals surface area (Å²) in [6, 6.07) is -0.566. The van der Waals surface area contributed by atoms with Crippen LogP contribution in [0.4, 0.5) is 0 Å². The smallest absolute Gasteiger partial charge is 0.326 e. The third-order valence-corrected chi connectivity index (χ3v) is 4.30. The van der Waals surface area contributed by atoms with Gasteiger partial charge in [0.25, 0.3) is 0 Å². The van der Waals surface area contributed by atoms with Crippen molar-refractivity contribution < 1.29 is 14.7 Å². The van der Waals surface area contributed by atoms with Crippen LogP contribution < -0.4 is 0 Å². The van der Waals surface area contributed by atoms with Crippen molar-refractivity contribution >= 4 is 11.9 Å². The van der Waals surface area contributed by atoms with Crippen LogP contribution >= 0.6 is 0 Å². The molecule has 1 N–H and O–H groups in total. The molecule has 1 saturated heterocycles. The van der Waals surface area contributed by atoms with Gasteiger partial charge in [-0.05, 0) is 31.6 Å². The monoisotopic (exact) mass is 253 g/mol. The molecule has 0 unspecified atom stereocenters. The molecule has 0 spiro atoms. The Morgan fingerprint density at radius 1 is 1.00 bits per heavy atom. The van der Waals surface area contributed by atoms with E-state index in [0.717, 1.165) is 19.3 Å². The van der Waals surface area contributed by atoms with Crippen LogP contribution in [0.25, 0.3) is 0 Å². The molecule has 102 valence electrons. The first-order valence-electron chi connectivity index (χ1n) is 7.21. The summed E-state index contributed by atoms with van der Waals surface area (Å²) in [5.41, 5.74) is 0. The van der Waals surface area contributed by atoms with Gasteiger partial charge in [0.15, 0.2) is 0 Å². The van der Waals surface area contributed by atoms with Crippen molar-refractivity contribution in [3.05, 3.63) is 0 Å². The van der Waals surface area contributed by atoms with E-state index in [-0.39, 0.29) is 5.91 Å². The molecular formula is C14H23NO3. The minimum absolute atomic E-state index is 0.0619. The summed E-state index contributed by atoms with van der Waals surface area (Å²) in [6.45, 7) is 0.628. The predicted octanol–water partition coefficient (Wildman–Crippen LogP) is 2.42. The Kier molecular flexibility index (Phi) is 4.61. The van der Waals surface area contributed by atoms with Crippen LogP contribution in [0, 0.1) is 5.92 Å². The number of rotatable bonds is 3. The van der Waals surface area contributed by atoms with E-state index in [1.807, 2.05) is 0 Å². The van der Waals surface area contributed by atoms with Crippen LogP contribution in [-0.2, 0) is 9.59 Å². The fraction of sp³-hybridized carbons (Fsp3) is 0.857. The quantitative estimate of drug-likeness (QED) is 0.786. The number of hydrogen-bond donors (Lipinski definition) is 1. The summed E-state index contributed by atoms with van der Waals surface area (Å²) in [4.78, 5) is 24.9. The maximum atomic E-state index is 12.2. The molecular weight excluding hydrogens is 230 g/mol. The van der Waals surface area contributed by atoms with Crippen LogP contribution in [0.1, 0.15) is 57.8 Å². The van der Waals surface area contributed by atoms with Gasteiger partial charge in [-0.15, -0.1) is 0 Å². The fourth-order valence-electron chi connectivity index (χ4n) is 3.25. The van der Waals surface area contributed by atoms with E-state index in [9.17, 15) is 9.59 Å². The van der Waals surface area contributed by atoms with Gasteiger partial charge < -0.3 is 10.0 Å². The highest BCUT2D eigenvalue weighted by Crippen LogP contribution is 2.27. The van der Waals surface area contributed by atoms with Crippen molar-refractivity contribution in [1.29, 1.82) is 0 Å². The maximum absolute atomic E-state index is 12.2. The van der Waals surface area contributed by atoms with E-state index in [1.165, 1.54) is 25.7 Å². The Bertz CT molecular complexity index is 308. The van der Waals surface area contributed by atoms with Gasteiger partial charge in [-0.2, -0.15) is 0 Å². The van der Waals surface area contributed by atoms with Crippen LogP contribution in [0.2, 0.25) is 0 Å². The highest BCUT2D eigenvalue weighted by Gasteiger charge is 2.34. The lowest BCUT2D eigenvalue weighted by atomic mass is 9.96. The molecule has 0 aromatic heterocycles. The average Bonchev–Trinajstić information content (AvgIpc) is 2.70. The number of nitrogens with zero attached hydrogens (tertiary/aromatic N) is 1. The van der Waals surface area contributed by atoms with Crippen molar-refractivity contribution in [3.63, 3.8) is 0 Å². The van der Waals surface area contributed by atoms with E-state index >= 15 is 0 Å². The Labute approximate surface area is 108 Å². The van der Waals surface area contributed by atoms with Gasteiger partial charge in [0.05, 0.1) is 0 Å². The van der Waals surface area contributed by atoms with Gasteiger partial charge in [0.2, 0.25) is 5.91 Å². The average molecular weight is 253 g/mol. The third kappa shape index (κ3) is 3.24. The number of carbonyl (C=O) groups excluding carboxylic acids is 1. The lowest BCUT2D eigenvalue weighted by molar-refractivity contribution is -0.148. The topological polar surface area (TPSA) is 57.6 Å². The maximum Gasteiger partial charge on any atom is 0.326 e. The first-order chi connectivity index (χ1) is 8.68. The Hall–Kier alpha value is -1.06. The third-order valence-electron chi connectivity index (χ3n) is 4.30. The summed E-state index contributed by atoms with van der Waals surface area (Å²) in [7, 11) is 0. The van der Waals surface area contributed by atoms with E-state index in [1.54, 1.807) is 4.90 Å². The molecule has 0 bridgehead atoms. The molecule has 4 heteroatoms. The highest BCUT2D eigenvalue weighted by atomic mass is 16.4. The van der Waals surface area contributed by atoms with Gasteiger partial charge in [0, 0.05) is 13.0 Å². The number of amides is 1. The number of hydrogen-bond acceptors (Lipinski definition) is 2. The number of carboxylic acid groups (broad SMARTS) is 1. The van der Waals surface area contributed by atoms with Gasteiger partial charge in [-0.25, -0.2) is 4.79 Å². The lowest BCUT2D eigenvalue weighted by Crippen LogP contribution is -2.41. The van der Waals surface area contributed by atoms with Crippen LogP contribution in [0.15, 0.2) is 0 Å². The summed E-state index contributed by atoms with van der Waals surface area (Å²) in [5, 5.41) is 9.09. The number of aliphatic carboxylic acids is 1. The summed E-state index contributed by atoms with van der Waals surface area (Å²) < 4.78 is 0. The van der Waals surface area contributed by atoms with E-state index in [0.29, 0.717) is 25.3 Å². The molecule has 2 fully saturated rings. The zero-order chi connectivity index (χ0) is 13.0. The minimum Gasteiger partial charge on any atom is -0.480 e. The molecule has 1 saturated carbocycles. The largest absolute Gasteiger partial charge is 0.480 e. The molecule has 1 atom stereocenters. The molecule has 2 aliphatic rings. The van der Waals surface area contributed by atoms with Crippen molar-refractivity contribution in [3.8, 4) is 0 Å². The Morgan fingerprint density at radius 3 is 2.28 bits per heavy atom. The van der Waals surface area contributed by atoms with Gasteiger partial charge in [0.1, 0.15) is 6.04 Å². The molecule has 1 aliphatic carbocycles. The Balaban J connectivity index is 1.88. The molecule has 1 heterocycles. The second kappa shape index (κ2) is 6.21. The molecule has 0 aromatic carbocycles. The van der Waals surface area contributed by atoms with Crippen LogP contribution in [-0.4, -0.2) is 34.5 Å². The Morgan fingerprint density at radius 2 is 1.67 bits per heavy atom. The van der Waals surface area contributed by atoms with E-state index in [4.69, 9.17) is 5.11 Å². The highest BCUT2D eigenvalue weighted by molar-refractivity contribution is 5.84. The number of carboxylic acids is 1. The zero-order valence-electron chi connectivity index (χ0n) is 10.9. The minimum atomic E-state index is -0.846. The lowest BCUT2D eigenvalue weighted by Gasteiger charge is -2.24. The first kappa shape index (κ1) is 13.4. The second-order valence-electron chi connectivity index (χ2n) is 5.65. The molecule has 4 nitrogen and oxygen atoms in total. The van der Waals surface area contributed by atoms with Gasteiger partial charge in [-0.3, -0.25) is 4.79 Å². The molecule has 2 rings (SSSR count). The van der Waals surface area contributed by atoms with Crippen molar-refractivity contribution in [1.82, 2.24) is 4.90 Å². The van der Waals surface area contributed by atoms with E-state index < -0.39 is 12.0 Å². The van der Waals surface area contributed by atoms with Crippen molar-refractivity contribution in [2.45, 2.75) is 63.8 Å². The molecule has 0 aromatic rings. The molecule has 0 radical (unpaired) electrons. The van der Waals surface area contributed by atoms with Crippen LogP contribution in [0.5, 0.6) is 0 Å². The fourth-order valence-corrected chi connectivity index (χ4v) is 3.25. The molecule has 1 aliphatic heterocycles. The predicted molar refractivity (Wildman–Crippen MR) is 68.2 cm³/mol. The zero-order valence-corrected chi connectivity index (χ0v) is 10.9. The summed E-state index contributed by atoms with van der Waals surface area (Å²) >= 11 is 0. The second-order valence-corrected chi connectivity index (χ2v) is 5.65. The standard InChI is InChI=1S/C14H23NO3/c16-13(10-11-6-3-1-2-4-7-11)15-9-5-8-12(15)14(17)18/h11-12H,1-10H2,(H,17,18)/t12-/m0/s1. The molecule has 18 heavy (non-hydrogen) atoms.